The quantitative estimate of drug-likeness (QED) is 0.452. The Bertz CT molecular complexity index is 413. The molecule has 2 rings (SSSR count). The van der Waals surface area contributed by atoms with Crippen molar-refractivity contribution in [3.05, 3.63) is 12.2 Å². The van der Waals surface area contributed by atoms with E-state index in [2.05, 4.69) is 39.5 Å². The van der Waals surface area contributed by atoms with Gasteiger partial charge in [-0.05, 0) is 48.9 Å². The molecule has 2 fully saturated rings. The molecule has 5 atom stereocenters. The Morgan fingerprint density at radius 3 is 2.71 bits per heavy atom. The van der Waals surface area contributed by atoms with Crippen LogP contribution in [0.2, 0.25) is 0 Å². The van der Waals surface area contributed by atoms with E-state index in [0.29, 0.717) is 17.3 Å². The Balaban J connectivity index is 0.00000220. The van der Waals surface area contributed by atoms with Crippen LogP contribution in [0.5, 0.6) is 0 Å². The predicted octanol–water partition coefficient (Wildman–Crippen LogP) is 5.64. The largest absolute Gasteiger partial charge is 0.514 e. The maximum absolute atomic E-state index is 6.33. The van der Waals surface area contributed by atoms with Crippen LogP contribution in [0, 0.1) is 47.5 Å². The summed E-state index contributed by atoms with van der Waals surface area (Å²) in [7, 11) is 0. The van der Waals surface area contributed by atoms with Gasteiger partial charge in [-0.15, -0.1) is 11.8 Å². The Morgan fingerprint density at radius 1 is 1.33 bits per heavy atom. The van der Waals surface area contributed by atoms with Gasteiger partial charge < -0.3 is 6.58 Å². The maximum Gasteiger partial charge on any atom is 0.0177 e. The average molecular weight is 360 g/mol. The van der Waals surface area contributed by atoms with Gasteiger partial charge in [0.15, 0.2) is 0 Å². The first-order valence-electron chi connectivity index (χ1n) is 8.58. The Labute approximate surface area is 157 Å². The molecule has 21 heavy (non-hydrogen) atoms. The molecule has 0 aromatic heterocycles. The number of fused-ring (bicyclic) bond motifs is 1. The second-order valence-corrected chi connectivity index (χ2v) is 7.46. The first kappa shape index (κ1) is 19.5. The van der Waals surface area contributed by atoms with Gasteiger partial charge in [0.1, 0.15) is 0 Å². The summed E-state index contributed by atoms with van der Waals surface area (Å²) in [6, 6.07) is 0. The summed E-state index contributed by atoms with van der Waals surface area (Å²) >= 11 is 0. The molecule has 1 unspecified atom stereocenters. The molecule has 2 saturated carbocycles. The van der Waals surface area contributed by atoms with Crippen LogP contribution < -0.4 is 0 Å². The van der Waals surface area contributed by atoms with Crippen LogP contribution in [0.3, 0.4) is 0 Å². The zero-order valence-corrected chi connectivity index (χ0v) is 17.3. The fraction of sp³-hybridized carbons (Fsp3) is 0.800. The van der Waals surface area contributed by atoms with Gasteiger partial charge in [0.2, 0.25) is 0 Å². The minimum absolute atomic E-state index is 0. The van der Waals surface area contributed by atoms with Gasteiger partial charge in [-0.25, -0.2) is 0 Å². The number of hydrogen-bond donors (Lipinski definition) is 0. The van der Waals surface area contributed by atoms with Crippen LogP contribution in [0.4, 0.5) is 0 Å². The van der Waals surface area contributed by atoms with Gasteiger partial charge in [-0.1, -0.05) is 40.5 Å². The Hall–Kier alpha value is 0.404. The van der Waals surface area contributed by atoms with Crippen LogP contribution in [0.1, 0.15) is 72.6 Å². The summed E-state index contributed by atoms with van der Waals surface area (Å²) in [6.07, 6.45) is 8.77. The van der Waals surface area contributed by atoms with E-state index in [1.807, 2.05) is 0 Å². The van der Waals surface area contributed by atoms with Crippen LogP contribution in [-0.4, -0.2) is 0 Å². The second-order valence-electron chi connectivity index (χ2n) is 7.46. The van der Waals surface area contributed by atoms with E-state index < -0.39 is 0 Å². The summed E-state index contributed by atoms with van der Waals surface area (Å²) in [5.41, 5.74) is 1.77. The average Bonchev–Trinajstić information content (AvgIpc) is 2.75. The summed E-state index contributed by atoms with van der Waals surface area (Å²) in [5.74, 6) is 9.50. The molecule has 0 nitrogen and oxygen atoms in total. The molecular formula is C20H31Y-. The van der Waals surface area contributed by atoms with Crippen LogP contribution in [0.25, 0.3) is 0 Å². The molecule has 0 N–H and O–H groups in total. The summed E-state index contributed by atoms with van der Waals surface area (Å²) in [6.45, 7) is 15.7. The third kappa shape index (κ3) is 4.23. The third-order valence-electron chi connectivity index (χ3n) is 5.98. The molecule has 0 heterocycles. The van der Waals surface area contributed by atoms with Crippen molar-refractivity contribution in [1.29, 1.82) is 0 Å². The smallest absolute Gasteiger partial charge is 0.0177 e. The van der Waals surface area contributed by atoms with Gasteiger partial charge >= 0.3 is 0 Å². The molecule has 2 aliphatic rings. The Morgan fingerprint density at radius 2 is 2.05 bits per heavy atom. The predicted molar refractivity (Wildman–Crippen MR) is 87.0 cm³/mol. The topological polar surface area (TPSA) is 0 Å². The summed E-state index contributed by atoms with van der Waals surface area (Å²) < 4.78 is 0. The third-order valence-corrected chi connectivity index (χ3v) is 5.98. The van der Waals surface area contributed by atoms with E-state index in [9.17, 15) is 0 Å². The van der Waals surface area contributed by atoms with Crippen molar-refractivity contribution in [2.45, 2.75) is 72.6 Å². The van der Waals surface area contributed by atoms with Crippen molar-refractivity contribution in [2.24, 2.45) is 29.1 Å². The van der Waals surface area contributed by atoms with Gasteiger partial charge in [-0.2, -0.15) is 0 Å². The van der Waals surface area contributed by atoms with E-state index in [0.717, 1.165) is 18.3 Å². The van der Waals surface area contributed by atoms with Gasteiger partial charge in [0.05, 0.1) is 0 Å². The van der Waals surface area contributed by atoms with E-state index in [1.165, 1.54) is 44.1 Å². The molecule has 0 aliphatic heterocycles. The normalized spacial score (nSPS) is 34.2. The van der Waals surface area contributed by atoms with Crippen molar-refractivity contribution < 1.29 is 32.7 Å². The zero-order chi connectivity index (χ0) is 14.8. The van der Waals surface area contributed by atoms with Gasteiger partial charge in [0.25, 0.3) is 0 Å². The zero-order valence-electron chi connectivity index (χ0n) is 14.4. The van der Waals surface area contributed by atoms with Crippen molar-refractivity contribution in [1.82, 2.24) is 0 Å². The molecule has 1 heteroatoms. The molecule has 2 aliphatic carbocycles. The minimum atomic E-state index is 0. The van der Waals surface area contributed by atoms with Gasteiger partial charge in [-0.3, -0.25) is 5.57 Å². The molecule has 0 spiro atoms. The van der Waals surface area contributed by atoms with Crippen molar-refractivity contribution in [3.8, 4) is 11.8 Å². The van der Waals surface area contributed by atoms with Crippen molar-refractivity contribution in [3.63, 3.8) is 0 Å². The number of rotatable bonds is 3. The number of allylic oxidation sites excluding steroid dienone is 1. The van der Waals surface area contributed by atoms with Crippen LogP contribution in [0.15, 0.2) is 5.57 Å². The van der Waals surface area contributed by atoms with E-state index in [4.69, 9.17) is 6.58 Å². The van der Waals surface area contributed by atoms with Crippen LogP contribution >= 0.6 is 0 Å². The fourth-order valence-corrected chi connectivity index (χ4v) is 5.07. The molecule has 0 saturated heterocycles. The minimum Gasteiger partial charge on any atom is -0.514 e. The molecule has 0 bridgehead atoms. The molecule has 115 valence electrons. The van der Waals surface area contributed by atoms with E-state index >= 15 is 0 Å². The standard InChI is InChI=1S/C20H31.Y/c1-6-7-9-15(2)14-17(4)19-12-11-18-16(3)10-8-13-20(18,19)5;/h3,15,17-19H,6,8,10-14H2,1-2,4-5H3;/q-1;/t15?,17-,18+,19-,20+;/m1./s1. The maximum atomic E-state index is 6.33. The summed E-state index contributed by atoms with van der Waals surface area (Å²) in [5, 5.41) is 0. The molecular weight excluding hydrogens is 329 g/mol. The van der Waals surface area contributed by atoms with E-state index in [1.54, 1.807) is 0 Å². The van der Waals surface area contributed by atoms with Crippen molar-refractivity contribution in [2.75, 3.05) is 0 Å². The number of hydrogen-bond acceptors (Lipinski definition) is 0. The summed E-state index contributed by atoms with van der Waals surface area (Å²) in [4.78, 5) is 0. The van der Waals surface area contributed by atoms with Crippen molar-refractivity contribution >= 4 is 0 Å². The molecule has 0 amide bonds. The monoisotopic (exact) mass is 360 g/mol. The first-order valence-corrected chi connectivity index (χ1v) is 8.58. The SMILES string of the molecule is [CH-]=C1CCC[C@]2(C)[C@@H]([C@H](C)CC(C)C#CCC)CC[C@@H]12.[Y]. The fourth-order valence-electron chi connectivity index (χ4n) is 5.07. The second kappa shape index (κ2) is 8.31. The van der Waals surface area contributed by atoms with Gasteiger partial charge in [0, 0.05) is 45.0 Å². The molecule has 0 aromatic carbocycles. The first-order chi connectivity index (χ1) is 9.49. The Kier molecular flexibility index (Phi) is 7.70. The molecule has 0 aromatic rings. The van der Waals surface area contributed by atoms with Crippen LogP contribution in [-0.2, 0) is 32.7 Å². The molecule has 1 radical (unpaired) electrons. The van der Waals surface area contributed by atoms with E-state index in [-0.39, 0.29) is 32.7 Å².